The van der Waals surface area contributed by atoms with E-state index >= 15 is 0 Å². The van der Waals surface area contributed by atoms with Crippen LogP contribution < -0.4 is 0 Å². The van der Waals surface area contributed by atoms with E-state index in [4.69, 9.17) is 0 Å². The zero-order chi connectivity index (χ0) is 12.3. The predicted octanol–water partition coefficient (Wildman–Crippen LogP) is 2.67. The van der Waals surface area contributed by atoms with Crippen LogP contribution in [0.25, 0.3) is 11.1 Å². The van der Waals surface area contributed by atoms with Crippen LogP contribution in [-0.2, 0) is 4.74 Å². The number of hydrogen-bond donors (Lipinski definition) is 0. The van der Waals surface area contributed by atoms with E-state index in [0.29, 0.717) is 11.1 Å². The fourth-order valence-electron chi connectivity index (χ4n) is 1.53. The van der Waals surface area contributed by atoms with Gasteiger partial charge in [0.2, 0.25) is 0 Å². The molecule has 0 saturated heterocycles. The monoisotopic (exact) mass is 231 g/mol. The molecular weight excluding hydrogens is 221 g/mol. The Kier molecular flexibility index (Phi) is 3.14. The van der Waals surface area contributed by atoms with Crippen LogP contribution in [0, 0.1) is 5.82 Å². The molecule has 0 fully saturated rings. The van der Waals surface area contributed by atoms with E-state index in [1.807, 2.05) is 0 Å². The number of nitrogens with zero attached hydrogens (tertiary/aromatic N) is 1. The summed E-state index contributed by atoms with van der Waals surface area (Å²) in [4.78, 5) is 15.1. The molecule has 0 radical (unpaired) electrons. The molecule has 0 aliphatic carbocycles. The molecule has 0 aliphatic heterocycles. The Morgan fingerprint density at radius 2 is 1.94 bits per heavy atom. The van der Waals surface area contributed by atoms with Crippen LogP contribution in [0.5, 0.6) is 0 Å². The van der Waals surface area contributed by atoms with Gasteiger partial charge in [0.1, 0.15) is 5.82 Å². The number of rotatable bonds is 2. The van der Waals surface area contributed by atoms with Crippen LogP contribution in [0.3, 0.4) is 0 Å². The summed E-state index contributed by atoms with van der Waals surface area (Å²) in [5.41, 5.74) is 1.34. The molecule has 3 nitrogen and oxygen atoms in total. The number of methoxy groups -OCH3 is 1. The van der Waals surface area contributed by atoms with Gasteiger partial charge in [-0.2, -0.15) is 0 Å². The van der Waals surface area contributed by atoms with Crippen molar-refractivity contribution < 1.29 is 13.9 Å². The Morgan fingerprint density at radius 1 is 1.24 bits per heavy atom. The van der Waals surface area contributed by atoms with Gasteiger partial charge >= 0.3 is 5.97 Å². The van der Waals surface area contributed by atoms with Gasteiger partial charge < -0.3 is 4.74 Å². The lowest BCUT2D eigenvalue weighted by Crippen LogP contribution is -2.01. The van der Waals surface area contributed by atoms with Crippen LogP contribution in [-0.4, -0.2) is 18.1 Å². The summed E-state index contributed by atoms with van der Waals surface area (Å²) < 4.78 is 18.3. The van der Waals surface area contributed by atoms with Gasteiger partial charge in [0.15, 0.2) is 0 Å². The largest absolute Gasteiger partial charge is 0.465 e. The number of carbonyl (C=O) groups excluding carboxylic acids is 1. The highest BCUT2D eigenvalue weighted by atomic mass is 19.1. The topological polar surface area (TPSA) is 39.2 Å². The normalized spacial score (nSPS) is 10.0. The van der Waals surface area contributed by atoms with Gasteiger partial charge in [-0.25, -0.2) is 9.18 Å². The summed E-state index contributed by atoms with van der Waals surface area (Å²) in [6, 6.07) is 7.66. The lowest BCUT2D eigenvalue weighted by molar-refractivity contribution is 0.0600. The summed E-state index contributed by atoms with van der Waals surface area (Å²) in [6.07, 6.45) is 3.17. The van der Waals surface area contributed by atoms with Crippen molar-refractivity contribution >= 4 is 5.97 Å². The molecule has 0 N–H and O–H groups in total. The van der Waals surface area contributed by atoms with Gasteiger partial charge in [-0.05, 0) is 29.8 Å². The van der Waals surface area contributed by atoms with E-state index in [9.17, 15) is 9.18 Å². The number of halogens is 1. The van der Waals surface area contributed by atoms with E-state index in [0.717, 1.165) is 0 Å². The average Bonchev–Trinajstić information content (AvgIpc) is 2.38. The van der Waals surface area contributed by atoms with Crippen molar-refractivity contribution in [2.24, 2.45) is 0 Å². The quantitative estimate of drug-likeness (QED) is 0.746. The minimum Gasteiger partial charge on any atom is -0.465 e. The second-order valence-corrected chi connectivity index (χ2v) is 3.42. The highest BCUT2D eigenvalue weighted by Gasteiger charge is 2.10. The van der Waals surface area contributed by atoms with Crippen LogP contribution in [0.15, 0.2) is 42.7 Å². The van der Waals surface area contributed by atoms with Crippen molar-refractivity contribution in [2.75, 3.05) is 7.11 Å². The van der Waals surface area contributed by atoms with E-state index in [1.165, 1.54) is 19.2 Å². The third-order valence-corrected chi connectivity index (χ3v) is 2.38. The number of carbonyl (C=O) groups is 1. The highest BCUT2D eigenvalue weighted by Crippen LogP contribution is 2.23. The van der Waals surface area contributed by atoms with Gasteiger partial charge in [0.25, 0.3) is 0 Å². The molecule has 17 heavy (non-hydrogen) atoms. The lowest BCUT2D eigenvalue weighted by atomic mass is 10.0. The number of aromatic nitrogens is 1. The van der Waals surface area contributed by atoms with Crippen molar-refractivity contribution in [1.82, 2.24) is 4.98 Å². The fraction of sp³-hybridized carbons (Fsp3) is 0.0769. The number of ether oxygens (including phenoxy) is 1. The standard InChI is InChI=1S/C13H10FNO2/c1-17-13(16)10-2-3-11(12(14)8-10)9-4-6-15-7-5-9/h2-8H,1H3. The van der Waals surface area contributed by atoms with Crippen LogP contribution in [0.4, 0.5) is 4.39 Å². The number of pyridine rings is 1. The molecule has 1 aromatic heterocycles. The molecule has 86 valence electrons. The van der Waals surface area contributed by atoms with E-state index in [2.05, 4.69) is 9.72 Å². The SMILES string of the molecule is COC(=O)c1ccc(-c2ccncc2)c(F)c1. The maximum absolute atomic E-state index is 13.8. The summed E-state index contributed by atoms with van der Waals surface area (Å²) in [5.74, 6) is -1.01. The number of esters is 1. The molecule has 0 bridgehead atoms. The van der Waals surface area contributed by atoms with Crippen molar-refractivity contribution in [3.05, 3.63) is 54.1 Å². The maximum Gasteiger partial charge on any atom is 0.337 e. The third kappa shape index (κ3) is 2.30. The van der Waals surface area contributed by atoms with Crippen LogP contribution >= 0.6 is 0 Å². The minimum absolute atomic E-state index is 0.197. The van der Waals surface area contributed by atoms with Gasteiger partial charge in [-0.1, -0.05) is 6.07 Å². The van der Waals surface area contributed by atoms with Crippen molar-refractivity contribution in [2.45, 2.75) is 0 Å². The molecular formula is C13H10FNO2. The highest BCUT2D eigenvalue weighted by molar-refractivity contribution is 5.90. The van der Waals surface area contributed by atoms with E-state index < -0.39 is 11.8 Å². The van der Waals surface area contributed by atoms with Gasteiger partial charge in [0.05, 0.1) is 12.7 Å². The van der Waals surface area contributed by atoms with Crippen molar-refractivity contribution in [1.29, 1.82) is 0 Å². The first-order valence-electron chi connectivity index (χ1n) is 5.00. The molecule has 4 heteroatoms. The number of hydrogen-bond acceptors (Lipinski definition) is 3. The first-order chi connectivity index (χ1) is 8.22. The van der Waals surface area contributed by atoms with Gasteiger partial charge in [-0.15, -0.1) is 0 Å². The molecule has 2 rings (SSSR count). The second kappa shape index (κ2) is 4.74. The first kappa shape index (κ1) is 11.3. The Morgan fingerprint density at radius 3 is 2.53 bits per heavy atom. The average molecular weight is 231 g/mol. The summed E-state index contributed by atoms with van der Waals surface area (Å²) in [7, 11) is 1.26. The van der Waals surface area contributed by atoms with Gasteiger partial charge in [0, 0.05) is 18.0 Å². The molecule has 0 unspecified atom stereocenters. The predicted molar refractivity (Wildman–Crippen MR) is 61.0 cm³/mol. The summed E-state index contributed by atoms with van der Waals surface area (Å²) in [5, 5.41) is 0. The Labute approximate surface area is 97.9 Å². The minimum atomic E-state index is -0.551. The lowest BCUT2D eigenvalue weighted by Gasteiger charge is -2.05. The maximum atomic E-state index is 13.8. The molecule has 1 aromatic carbocycles. The number of benzene rings is 1. The molecule has 0 atom stereocenters. The zero-order valence-electron chi connectivity index (χ0n) is 9.18. The Balaban J connectivity index is 2.42. The Hall–Kier alpha value is -2.23. The molecule has 0 amide bonds. The van der Waals surface area contributed by atoms with E-state index in [1.54, 1.807) is 30.6 Å². The molecule has 0 saturated carbocycles. The smallest absolute Gasteiger partial charge is 0.337 e. The van der Waals surface area contributed by atoms with Crippen molar-refractivity contribution in [3.63, 3.8) is 0 Å². The third-order valence-electron chi connectivity index (χ3n) is 2.38. The van der Waals surface area contributed by atoms with E-state index in [-0.39, 0.29) is 5.56 Å². The first-order valence-corrected chi connectivity index (χ1v) is 5.00. The zero-order valence-corrected chi connectivity index (χ0v) is 9.18. The molecule has 1 heterocycles. The fourth-order valence-corrected chi connectivity index (χ4v) is 1.53. The molecule has 0 spiro atoms. The summed E-state index contributed by atoms with van der Waals surface area (Å²) >= 11 is 0. The Bertz CT molecular complexity index is 540. The van der Waals surface area contributed by atoms with Crippen LogP contribution in [0.1, 0.15) is 10.4 Å². The second-order valence-electron chi connectivity index (χ2n) is 3.42. The van der Waals surface area contributed by atoms with Crippen LogP contribution in [0.2, 0.25) is 0 Å². The van der Waals surface area contributed by atoms with Gasteiger partial charge in [-0.3, -0.25) is 4.98 Å². The van der Waals surface area contributed by atoms with Crippen molar-refractivity contribution in [3.8, 4) is 11.1 Å². The molecule has 0 aliphatic rings. The molecule has 2 aromatic rings. The summed E-state index contributed by atoms with van der Waals surface area (Å²) in [6.45, 7) is 0.